The highest BCUT2D eigenvalue weighted by Gasteiger charge is 2.25. The third kappa shape index (κ3) is 5.48. The Morgan fingerprint density at radius 1 is 1.00 bits per heavy atom. The van der Waals surface area contributed by atoms with E-state index < -0.39 is 0 Å². The zero-order valence-corrected chi connectivity index (χ0v) is 18.0. The van der Waals surface area contributed by atoms with Crippen LogP contribution in [-0.4, -0.2) is 32.3 Å². The van der Waals surface area contributed by atoms with Crippen molar-refractivity contribution in [1.82, 2.24) is 20.1 Å². The van der Waals surface area contributed by atoms with Crippen LogP contribution in [0.1, 0.15) is 36.1 Å². The summed E-state index contributed by atoms with van der Waals surface area (Å²) in [6.07, 6.45) is 0. The Hall–Kier alpha value is -3.13. The van der Waals surface area contributed by atoms with Gasteiger partial charge in [0.15, 0.2) is 11.0 Å². The molecule has 1 aromatic heterocycles. The number of rotatable bonds is 8. The normalized spacial score (nSPS) is 11.9. The molecule has 0 unspecified atom stereocenters. The largest absolute Gasteiger partial charge is 0.342 e. The molecule has 30 heavy (non-hydrogen) atoms. The number of nitrogens with one attached hydrogen (secondary N) is 2. The van der Waals surface area contributed by atoms with Crippen LogP contribution < -0.4 is 10.6 Å². The zero-order valence-electron chi connectivity index (χ0n) is 17.2. The molecule has 1 atom stereocenters. The topological polar surface area (TPSA) is 88.9 Å². The van der Waals surface area contributed by atoms with E-state index in [1.54, 1.807) is 12.1 Å². The van der Waals surface area contributed by atoms with Gasteiger partial charge in [-0.15, -0.1) is 10.2 Å². The molecule has 0 spiro atoms. The lowest BCUT2D eigenvalue weighted by atomic mass is 10.0. The average Bonchev–Trinajstić information content (AvgIpc) is 3.11. The third-order valence-corrected chi connectivity index (χ3v) is 5.55. The summed E-state index contributed by atoms with van der Waals surface area (Å²) in [4.78, 5) is 24.8. The molecule has 2 aromatic carbocycles. The Labute approximate surface area is 180 Å². The first kappa shape index (κ1) is 21.6. The minimum atomic E-state index is -0.303. The Kier molecular flexibility index (Phi) is 7.24. The van der Waals surface area contributed by atoms with Crippen LogP contribution in [0, 0.1) is 5.92 Å². The van der Waals surface area contributed by atoms with Crippen molar-refractivity contribution in [2.75, 3.05) is 11.1 Å². The number of hydrogen-bond acceptors (Lipinski definition) is 5. The van der Waals surface area contributed by atoms with Crippen molar-refractivity contribution in [2.24, 2.45) is 13.0 Å². The second-order valence-corrected chi connectivity index (χ2v) is 8.11. The summed E-state index contributed by atoms with van der Waals surface area (Å²) in [7, 11) is 1.84. The number of nitrogens with zero attached hydrogens (tertiary/aromatic N) is 3. The van der Waals surface area contributed by atoms with Gasteiger partial charge in [-0.1, -0.05) is 62.0 Å². The highest BCUT2D eigenvalue weighted by atomic mass is 32.2. The first-order valence-corrected chi connectivity index (χ1v) is 10.7. The van der Waals surface area contributed by atoms with Gasteiger partial charge in [0, 0.05) is 18.3 Å². The standard InChI is InChI=1S/C22H25N5O2S/c1-15(2)19(24-21(29)16-10-6-4-7-11-16)20-25-26-22(27(20)3)30-14-18(28)23-17-12-8-5-9-13-17/h4-13,15,19H,14H2,1-3H3,(H,23,28)(H,24,29)/t19-/m0/s1. The molecule has 0 aliphatic rings. The summed E-state index contributed by atoms with van der Waals surface area (Å²) in [5.41, 5.74) is 1.35. The summed E-state index contributed by atoms with van der Waals surface area (Å²) in [5.74, 6) is 0.700. The van der Waals surface area contributed by atoms with Gasteiger partial charge in [0.05, 0.1) is 11.8 Å². The van der Waals surface area contributed by atoms with Gasteiger partial charge in [0.25, 0.3) is 5.91 Å². The summed E-state index contributed by atoms with van der Waals surface area (Å²) in [6.45, 7) is 4.04. The van der Waals surface area contributed by atoms with Gasteiger partial charge in [-0.05, 0) is 30.2 Å². The molecule has 8 heteroatoms. The first-order chi connectivity index (χ1) is 14.5. The van der Waals surface area contributed by atoms with Crippen LogP contribution in [0.5, 0.6) is 0 Å². The first-order valence-electron chi connectivity index (χ1n) is 9.68. The number of para-hydroxylation sites is 1. The molecule has 2 amide bonds. The second-order valence-electron chi connectivity index (χ2n) is 7.16. The molecule has 156 valence electrons. The number of amides is 2. The van der Waals surface area contributed by atoms with Crippen molar-refractivity contribution in [1.29, 1.82) is 0 Å². The minimum absolute atomic E-state index is 0.111. The van der Waals surface area contributed by atoms with Gasteiger partial charge in [-0.2, -0.15) is 0 Å². The maximum absolute atomic E-state index is 12.6. The Morgan fingerprint density at radius 3 is 2.27 bits per heavy atom. The second kappa shape index (κ2) is 10.1. The van der Waals surface area contributed by atoms with Gasteiger partial charge >= 0.3 is 0 Å². The van der Waals surface area contributed by atoms with Crippen LogP contribution in [-0.2, 0) is 11.8 Å². The van der Waals surface area contributed by atoms with E-state index in [0.717, 1.165) is 5.69 Å². The predicted octanol–water partition coefficient (Wildman–Crippen LogP) is 3.67. The Balaban J connectivity index is 1.66. The maximum atomic E-state index is 12.6. The number of carbonyl (C=O) groups is 2. The fraction of sp³-hybridized carbons (Fsp3) is 0.273. The van der Waals surface area contributed by atoms with Gasteiger partial charge in [0.2, 0.25) is 5.91 Å². The SMILES string of the molecule is CC(C)[C@H](NC(=O)c1ccccc1)c1nnc(SCC(=O)Nc2ccccc2)n1C. The van der Waals surface area contributed by atoms with Crippen LogP contribution in [0.25, 0.3) is 0 Å². The monoisotopic (exact) mass is 423 g/mol. The van der Waals surface area contributed by atoms with Crippen LogP contribution >= 0.6 is 11.8 Å². The van der Waals surface area contributed by atoms with Crippen molar-refractivity contribution in [2.45, 2.75) is 25.0 Å². The van der Waals surface area contributed by atoms with E-state index in [4.69, 9.17) is 0 Å². The van der Waals surface area contributed by atoms with E-state index in [9.17, 15) is 9.59 Å². The van der Waals surface area contributed by atoms with Gasteiger partial charge in [-0.25, -0.2) is 0 Å². The van der Waals surface area contributed by atoms with E-state index in [-0.39, 0.29) is 29.5 Å². The van der Waals surface area contributed by atoms with Crippen LogP contribution in [0.15, 0.2) is 65.8 Å². The summed E-state index contributed by atoms with van der Waals surface area (Å²) >= 11 is 1.30. The van der Waals surface area contributed by atoms with E-state index in [1.807, 2.05) is 74.0 Å². The third-order valence-electron chi connectivity index (χ3n) is 4.53. The van der Waals surface area contributed by atoms with E-state index in [0.29, 0.717) is 16.5 Å². The van der Waals surface area contributed by atoms with E-state index in [1.165, 1.54) is 11.8 Å². The fourth-order valence-electron chi connectivity index (χ4n) is 2.91. The summed E-state index contributed by atoms with van der Waals surface area (Å²) < 4.78 is 1.83. The van der Waals surface area contributed by atoms with E-state index in [2.05, 4.69) is 20.8 Å². The number of thioether (sulfide) groups is 1. The van der Waals surface area contributed by atoms with Crippen LogP contribution in [0.4, 0.5) is 5.69 Å². The van der Waals surface area contributed by atoms with Gasteiger partial charge in [0.1, 0.15) is 0 Å². The zero-order chi connectivity index (χ0) is 21.5. The summed E-state index contributed by atoms with van der Waals surface area (Å²) in [5, 5.41) is 15.0. The van der Waals surface area contributed by atoms with Crippen molar-refractivity contribution >= 4 is 29.3 Å². The summed E-state index contributed by atoms with van der Waals surface area (Å²) in [6, 6.07) is 18.1. The lowest BCUT2D eigenvalue weighted by Crippen LogP contribution is -2.33. The van der Waals surface area contributed by atoms with Crippen LogP contribution in [0.2, 0.25) is 0 Å². The molecule has 0 bridgehead atoms. The molecule has 1 heterocycles. The number of anilines is 1. The molecule has 0 saturated heterocycles. The minimum Gasteiger partial charge on any atom is -0.342 e. The molecular weight excluding hydrogens is 398 g/mol. The highest BCUT2D eigenvalue weighted by molar-refractivity contribution is 7.99. The predicted molar refractivity (Wildman–Crippen MR) is 118 cm³/mol. The van der Waals surface area contributed by atoms with Crippen molar-refractivity contribution in [3.63, 3.8) is 0 Å². The molecule has 0 aliphatic heterocycles. The molecule has 3 rings (SSSR count). The molecule has 3 aromatic rings. The Bertz CT molecular complexity index is 989. The number of benzene rings is 2. The highest BCUT2D eigenvalue weighted by Crippen LogP contribution is 2.24. The quantitative estimate of drug-likeness (QED) is 0.540. The molecule has 0 fully saturated rings. The molecule has 0 radical (unpaired) electrons. The Morgan fingerprint density at radius 2 is 1.63 bits per heavy atom. The number of carbonyl (C=O) groups excluding carboxylic acids is 2. The molecule has 0 aliphatic carbocycles. The molecule has 2 N–H and O–H groups in total. The molecular formula is C22H25N5O2S. The number of aromatic nitrogens is 3. The van der Waals surface area contributed by atoms with E-state index >= 15 is 0 Å². The maximum Gasteiger partial charge on any atom is 0.251 e. The average molecular weight is 424 g/mol. The lowest BCUT2D eigenvalue weighted by Gasteiger charge is -2.21. The molecule has 7 nitrogen and oxygen atoms in total. The van der Waals surface area contributed by atoms with Gasteiger partial charge < -0.3 is 15.2 Å². The smallest absolute Gasteiger partial charge is 0.251 e. The van der Waals surface area contributed by atoms with Crippen molar-refractivity contribution in [3.8, 4) is 0 Å². The van der Waals surface area contributed by atoms with Crippen molar-refractivity contribution < 1.29 is 9.59 Å². The molecule has 0 saturated carbocycles. The van der Waals surface area contributed by atoms with Gasteiger partial charge in [-0.3, -0.25) is 9.59 Å². The van der Waals surface area contributed by atoms with Crippen LogP contribution in [0.3, 0.4) is 0 Å². The lowest BCUT2D eigenvalue weighted by molar-refractivity contribution is -0.113. The number of hydrogen-bond donors (Lipinski definition) is 2. The van der Waals surface area contributed by atoms with Crippen molar-refractivity contribution in [3.05, 3.63) is 72.1 Å². The fourth-order valence-corrected chi connectivity index (χ4v) is 3.63.